The summed E-state index contributed by atoms with van der Waals surface area (Å²) in [5.74, 6) is 1.36. The van der Waals surface area contributed by atoms with E-state index in [9.17, 15) is 9.59 Å². The Morgan fingerprint density at radius 2 is 1.69 bits per heavy atom. The average Bonchev–Trinajstić information content (AvgIpc) is 2.59. The lowest BCUT2D eigenvalue weighted by atomic mass is 9.49. The third-order valence-corrected chi connectivity index (χ3v) is 7.16. The number of hydrogen-bond acceptors (Lipinski definition) is 3. The fourth-order valence-corrected chi connectivity index (χ4v) is 6.06. The fourth-order valence-electron chi connectivity index (χ4n) is 5.59. The highest BCUT2D eigenvalue weighted by Crippen LogP contribution is 2.60. The number of esters is 1. The highest BCUT2D eigenvalue weighted by atomic mass is 35.5. The second-order valence-corrected chi connectivity index (χ2v) is 9.16. The van der Waals surface area contributed by atoms with Gasteiger partial charge in [-0.05, 0) is 74.8 Å². The summed E-state index contributed by atoms with van der Waals surface area (Å²) >= 11 is 12.3. The summed E-state index contributed by atoms with van der Waals surface area (Å²) in [5, 5.41) is 3.43. The Balaban J connectivity index is 1.38. The molecule has 4 aliphatic rings. The number of halogens is 2. The minimum atomic E-state index is -0.419. The minimum absolute atomic E-state index is 0.201. The number of anilines is 1. The molecular formula is C20H23Cl2NO3. The number of hydrogen-bond donors (Lipinski definition) is 1. The van der Waals surface area contributed by atoms with E-state index in [4.69, 9.17) is 27.9 Å². The zero-order valence-electron chi connectivity index (χ0n) is 14.8. The van der Waals surface area contributed by atoms with Gasteiger partial charge in [0, 0.05) is 0 Å². The van der Waals surface area contributed by atoms with E-state index >= 15 is 0 Å². The standard InChI is InChI=1S/C20H23Cl2NO3/c1-11-2-3-15(21)18(17(11)22)23-16(24)10-26-19(25)20-7-12-4-13(8-20)6-14(5-12)9-20/h2-3,12-14H,4-10H2,1H3,(H,23,24). The number of amides is 1. The van der Waals surface area contributed by atoms with Crippen LogP contribution in [-0.2, 0) is 14.3 Å². The summed E-state index contributed by atoms with van der Waals surface area (Å²) in [6, 6.07) is 3.47. The third-order valence-electron chi connectivity index (χ3n) is 6.35. The van der Waals surface area contributed by atoms with Crippen LogP contribution in [0.4, 0.5) is 5.69 Å². The number of ether oxygens (including phenoxy) is 1. The summed E-state index contributed by atoms with van der Waals surface area (Å²) in [7, 11) is 0. The minimum Gasteiger partial charge on any atom is -0.455 e. The van der Waals surface area contributed by atoms with Crippen molar-refractivity contribution < 1.29 is 14.3 Å². The molecule has 1 amide bonds. The molecular weight excluding hydrogens is 373 g/mol. The highest BCUT2D eigenvalue weighted by molar-refractivity contribution is 6.40. The Morgan fingerprint density at radius 1 is 1.12 bits per heavy atom. The maximum absolute atomic E-state index is 12.8. The number of nitrogens with one attached hydrogen (secondary N) is 1. The van der Waals surface area contributed by atoms with Crippen molar-refractivity contribution in [3.8, 4) is 0 Å². The quantitative estimate of drug-likeness (QED) is 0.729. The zero-order chi connectivity index (χ0) is 18.5. The molecule has 4 aliphatic carbocycles. The molecule has 4 bridgehead atoms. The van der Waals surface area contributed by atoms with Gasteiger partial charge in [-0.1, -0.05) is 29.3 Å². The van der Waals surface area contributed by atoms with Gasteiger partial charge in [-0.15, -0.1) is 0 Å². The van der Waals surface area contributed by atoms with E-state index < -0.39 is 5.91 Å². The van der Waals surface area contributed by atoms with Gasteiger partial charge >= 0.3 is 5.97 Å². The molecule has 4 saturated carbocycles. The predicted octanol–water partition coefficient (Wildman–Crippen LogP) is 5.00. The van der Waals surface area contributed by atoms with E-state index in [-0.39, 0.29) is 18.0 Å². The van der Waals surface area contributed by atoms with E-state index in [1.165, 1.54) is 19.3 Å². The Bertz CT molecular complexity index is 726. The van der Waals surface area contributed by atoms with Crippen LogP contribution in [0.2, 0.25) is 10.0 Å². The molecule has 0 radical (unpaired) electrons. The van der Waals surface area contributed by atoms with Crippen LogP contribution in [0, 0.1) is 30.1 Å². The fraction of sp³-hybridized carbons (Fsp3) is 0.600. The van der Waals surface area contributed by atoms with Gasteiger partial charge < -0.3 is 10.1 Å². The van der Waals surface area contributed by atoms with Crippen molar-refractivity contribution in [1.82, 2.24) is 0 Å². The van der Waals surface area contributed by atoms with Gasteiger partial charge in [0.05, 0.1) is 21.1 Å². The van der Waals surface area contributed by atoms with E-state index in [0.29, 0.717) is 33.5 Å². The monoisotopic (exact) mass is 395 g/mol. The lowest BCUT2D eigenvalue weighted by Crippen LogP contribution is -2.50. The second-order valence-electron chi connectivity index (χ2n) is 8.38. The van der Waals surface area contributed by atoms with Crippen LogP contribution >= 0.6 is 23.2 Å². The van der Waals surface area contributed by atoms with Gasteiger partial charge in [0.2, 0.25) is 0 Å². The van der Waals surface area contributed by atoms with Gasteiger partial charge in [-0.2, -0.15) is 0 Å². The molecule has 5 rings (SSSR count). The van der Waals surface area contributed by atoms with Crippen LogP contribution in [-0.4, -0.2) is 18.5 Å². The molecule has 1 aromatic rings. The van der Waals surface area contributed by atoms with E-state index in [1.54, 1.807) is 12.1 Å². The second kappa shape index (κ2) is 6.72. The van der Waals surface area contributed by atoms with Gasteiger partial charge in [-0.3, -0.25) is 9.59 Å². The topological polar surface area (TPSA) is 55.4 Å². The van der Waals surface area contributed by atoms with E-state index in [1.807, 2.05) is 6.92 Å². The summed E-state index contributed by atoms with van der Waals surface area (Å²) in [6.45, 7) is 1.53. The van der Waals surface area contributed by atoms with E-state index in [2.05, 4.69) is 5.32 Å². The van der Waals surface area contributed by atoms with Crippen molar-refractivity contribution in [1.29, 1.82) is 0 Å². The predicted molar refractivity (Wildman–Crippen MR) is 101 cm³/mol. The maximum atomic E-state index is 12.8. The van der Waals surface area contributed by atoms with Crippen molar-refractivity contribution in [3.63, 3.8) is 0 Å². The summed E-state index contributed by atoms with van der Waals surface area (Å²) in [4.78, 5) is 25.0. The summed E-state index contributed by atoms with van der Waals surface area (Å²) in [5.41, 5.74) is 0.828. The Morgan fingerprint density at radius 3 is 2.27 bits per heavy atom. The first-order valence-electron chi connectivity index (χ1n) is 9.28. The van der Waals surface area contributed by atoms with Crippen LogP contribution in [0.5, 0.6) is 0 Å². The van der Waals surface area contributed by atoms with Gasteiger partial charge in [0.25, 0.3) is 5.91 Å². The average molecular weight is 396 g/mol. The third kappa shape index (κ3) is 3.22. The molecule has 1 N–H and O–H groups in total. The van der Waals surface area contributed by atoms with Crippen molar-refractivity contribution >= 4 is 40.8 Å². The first kappa shape index (κ1) is 18.1. The molecule has 0 saturated heterocycles. The molecule has 0 spiro atoms. The van der Waals surface area contributed by atoms with E-state index in [0.717, 1.165) is 24.8 Å². The molecule has 1 aromatic carbocycles. The van der Waals surface area contributed by atoms with Crippen molar-refractivity contribution in [2.45, 2.75) is 45.4 Å². The smallest absolute Gasteiger partial charge is 0.312 e. The largest absolute Gasteiger partial charge is 0.455 e. The normalized spacial score (nSPS) is 31.7. The molecule has 0 atom stereocenters. The molecule has 4 nitrogen and oxygen atoms in total. The first-order chi connectivity index (χ1) is 12.4. The van der Waals surface area contributed by atoms with Crippen LogP contribution in [0.25, 0.3) is 0 Å². The van der Waals surface area contributed by atoms with Gasteiger partial charge in [-0.25, -0.2) is 0 Å². The summed E-state index contributed by atoms with van der Waals surface area (Å²) < 4.78 is 5.43. The molecule has 0 aromatic heterocycles. The number of aryl methyl sites for hydroxylation is 1. The SMILES string of the molecule is Cc1ccc(Cl)c(NC(=O)COC(=O)C23CC4CC(CC(C4)C2)C3)c1Cl. The molecule has 6 heteroatoms. The molecule has 0 unspecified atom stereocenters. The summed E-state index contributed by atoms with van der Waals surface area (Å²) in [6.07, 6.45) is 6.56. The zero-order valence-corrected chi connectivity index (χ0v) is 16.3. The molecule has 0 heterocycles. The van der Waals surface area contributed by atoms with Crippen LogP contribution in [0.3, 0.4) is 0 Å². The first-order valence-corrected chi connectivity index (χ1v) is 10.0. The van der Waals surface area contributed by atoms with Crippen molar-refractivity contribution in [2.24, 2.45) is 23.2 Å². The van der Waals surface area contributed by atoms with Crippen LogP contribution in [0.1, 0.15) is 44.1 Å². The number of rotatable bonds is 4. The number of carbonyl (C=O) groups is 2. The Labute approximate surface area is 163 Å². The number of benzene rings is 1. The Kier molecular flexibility index (Phi) is 4.68. The Hall–Kier alpha value is -1.26. The molecule has 0 aliphatic heterocycles. The van der Waals surface area contributed by atoms with Crippen LogP contribution < -0.4 is 5.32 Å². The lowest BCUT2D eigenvalue weighted by molar-refractivity contribution is -0.172. The molecule has 4 fully saturated rings. The van der Waals surface area contributed by atoms with Gasteiger partial charge in [0.1, 0.15) is 0 Å². The number of carbonyl (C=O) groups excluding carboxylic acids is 2. The van der Waals surface area contributed by atoms with Crippen LogP contribution in [0.15, 0.2) is 12.1 Å². The molecule has 26 heavy (non-hydrogen) atoms. The lowest BCUT2D eigenvalue weighted by Gasteiger charge is -2.55. The molecule has 140 valence electrons. The van der Waals surface area contributed by atoms with Crippen molar-refractivity contribution in [2.75, 3.05) is 11.9 Å². The highest BCUT2D eigenvalue weighted by Gasteiger charge is 2.55. The van der Waals surface area contributed by atoms with Gasteiger partial charge in [0.15, 0.2) is 6.61 Å². The maximum Gasteiger partial charge on any atom is 0.312 e. The van der Waals surface area contributed by atoms with Crippen molar-refractivity contribution in [3.05, 3.63) is 27.7 Å².